The molecule has 0 radical (unpaired) electrons. The Labute approximate surface area is 125 Å². The van der Waals surface area contributed by atoms with Crippen LogP contribution in [-0.2, 0) is 4.74 Å². The van der Waals surface area contributed by atoms with E-state index >= 15 is 0 Å². The Morgan fingerprint density at radius 3 is 2.45 bits per heavy atom. The molecule has 118 valence electrons. The molecule has 2 atom stereocenters. The van der Waals surface area contributed by atoms with Gasteiger partial charge in [0, 0.05) is 37.8 Å². The summed E-state index contributed by atoms with van der Waals surface area (Å²) in [6, 6.07) is 0.634. The standard InChI is InChI=1S/C17H34N2O/c1-6-17(7-2)13-19(11-14-8-9-20-12-14)15(10-18-17)16(3,4)5/h14-15,18H,6-13H2,1-5H3. The van der Waals surface area contributed by atoms with Gasteiger partial charge in [0.2, 0.25) is 0 Å². The first-order chi connectivity index (χ1) is 9.40. The van der Waals surface area contributed by atoms with E-state index in [1.807, 2.05) is 0 Å². The molecule has 0 aliphatic carbocycles. The first-order valence-corrected chi connectivity index (χ1v) is 8.47. The molecule has 1 N–H and O–H groups in total. The third-order valence-electron chi connectivity index (χ3n) is 5.49. The maximum atomic E-state index is 5.58. The summed E-state index contributed by atoms with van der Waals surface area (Å²) in [6.45, 7) is 17.2. The smallest absolute Gasteiger partial charge is 0.0507 e. The van der Waals surface area contributed by atoms with E-state index in [1.165, 1.54) is 32.4 Å². The molecule has 0 spiro atoms. The van der Waals surface area contributed by atoms with Crippen LogP contribution in [0.25, 0.3) is 0 Å². The third kappa shape index (κ3) is 3.55. The molecule has 20 heavy (non-hydrogen) atoms. The molecule has 0 saturated carbocycles. The molecule has 0 amide bonds. The summed E-state index contributed by atoms with van der Waals surface area (Å²) in [4.78, 5) is 2.77. The van der Waals surface area contributed by atoms with Crippen LogP contribution in [0, 0.1) is 11.3 Å². The fourth-order valence-corrected chi connectivity index (χ4v) is 3.83. The molecule has 0 aromatic heterocycles. The van der Waals surface area contributed by atoms with Gasteiger partial charge in [-0.25, -0.2) is 0 Å². The molecule has 3 heteroatoms. The summed E-state index contributed by atoms with van der Waals surface area (Å²) >= 11 is 0. The zero-order valence-electron chi connectivity index (χ0n) is 14.2. The molecule has 0 aromatic carbocycles. The van der Waals surface area contributed by atoms with Gasteiger partial charge in [0.25, 0.3) is 0 Å². The number of nitrogens with one attached hydrogen (secondary N) is 1. The van der Waals surface area contributed by atoms with Gasteiger partial charge in [-0.1, -0.05) is 34.6 Å². The maximum Gasteiger partial charge on any atom is 0.0507 e. The maximum absolute atomic E-state index is 5.58. The van der Waals surface area contributed by atoms with E-state index in [4.69, 9.17) is 4.74 Å². The van der Waals surface area contributed by atoms with Gasteiger partial charge in [0.1, 0.15) is 0 Å². The number of hydrogen-bond acceptors (Lipinski definition) is 3. The van der Waals surface area contributed by atoms with Crippen LogP contribution in [-0.4, -0.2) is 49.3 Å². The van der Waals surface area contributed by atoms with E-state index in [0.29, 0.717) is 17.0 Å². The van der Waals surface area contributed by atoms with E-state index in [-0.39, 0.29) is 0 Å². The van der Waals surface area contributed by atoms with Crippen LogP contribution in [0.4, 0.5) is 0 Å². The van der Waals surface area contributed by atoms with Crippen LogP contribution in [0.5, 0.6) is 0 Å². The van der Waals surface area contributed by atoms with Crippen LogP contribution in [0.3, 0.4) is 0 Å². The second kappa shape index (κ2) is 6.33. The van der Waals surface area contributed by atoms with E-state index < -0.39 is 0 Å². The van der Waals surface area contributed by atoms with Crippen molar-refractivity contribution < 1.29 is 4.74 Å². The largest absolute Gasteiger partial charge is 0.381 e. The SMILES string of the molecule is CCC1(CC)CN(CC2CCOC2)C(C(C)(C)C)CN1. The van der Waals surface area contributed by atoms with Crippen molar-refractivity contribution in [2.45, 2.75) is 65.5 Å². The Hall–Kier alpha value is -0.120. The van der Waals surface area contributed by atoms with Crippen molar-refractivity contribution in [3.63, 3.8) is 0 Å². The quantitative estimate of drug-likeness (QED) is 0.858. The second-order valence-corrected chi connectivity index (χ2v) is 7.91. The van der Waals surface area contributed by atoms with Gasteiger partial charge in [-0.3, -0.25) is 4.90 Å². The zero-order chi connectivity index (χ0) is 14.8. The predicted octanol–water partition coefficient (Wildman–Crippen LogP) is 2.90. The number of piperazine rings is 1. The molecular formula is C17H34N2O. The summed E-state index contributed by atoms with van der Waals surface area (Å²) in [6.07, 6.45) is 3.68. The van der Waals surface area contributed by atoms with Gasteiger partial charge in [-0.15, -0.1) is 0 Å². The van der Waals surface area contributed by atoms with Crippen molar-refractivity contribution in [2.75, 3.05) is 32.8 Å². The molecule has 0 bridgehead atoms. The lowest BCUT2D eigenvalue weighted by Gasteiger charge is -2.52. The first kappa shape index (κ1) is 16.3. The minimum absolute atomic E-state index is 0.321. The van der Waals surface area contributed by atoms with Gasteiger partial charge in [0.05, 0.1) is 6.61 Å². The number of ether oxygens (including phenoxy) is 1. The van der Waals surface area contributed by atoms with Gasteiger partial charge in [-0.05, 0) is 30.6 Å². The fourth-order valence-electron chi connectivity index (χ4n) is 3.83. The molecule has 2 heterocycles. The van der Waals surface area contributed by atoms with Crippen molar-refractivity contribution in [1.82, 2.24) is 10.2 Å². The number of hydrogen-bond donors (Lipinski definition) is 1. The Kier molecular flexibility index (Phi) is 5.14. The van der Waals surface area contributed by atoms with Crippen molar-refractivity contribution in [1.29, 1.82) is 0 Å². The molecular weight excluding hydrogens is 248 g/mol. The Bertz CT molecular complexity index is 301. The Morgan fingerprint density at radius 2 is 1.95 bits per heavy atom. The lowest BCUT2D eigenvalue weighted by atomic mass is 9.79. The molecule has 2 saturated heterocycles. The summed E-state index contributed by atoms with van der Waals surface area (Å²) < 4.78 is 5.58. The molecule has 2 rings (SSSR count). The molecule has 2 unspecified atom stereocenters. The van der Waals surface area contributed by atoms with Crippen LogP contribution in [0.1, 0.15) is 53.9 Å². The summed E-state index contributed by atoms with van der Waals surface area (Å²) in [5.41, 5.74) is 0.654. The zero-order valence-corrected chi connectivity index (χ0v) is 14.2. The van der Waals surface area contributed by atoms with Crippen molar-refractivity contribution >= 4 is 0 Å². The minimum Gasteiger partial charge on any atom is -0.381 e. The highest BCUT2D eigenvalue weighted by Gasteiger charge is 2.41. The van der Waals surface area contributed by atoms with Gasteiger partial charge < -0.3 is 10.1 Å². The van der Waals surface area contributed by atoms with Crippen LogP contribution in [0.15, 0.2) is 0 Å². The highest BCUT2D eigenvalue weighted by Crippen LogP contribution is 2.32. The van der Waals surface area contributed by atoms with Crippen LogP contribution in [0.2, 0.25) is 0 Å². The lowest BCUT2D eigenvalue weighted by Crippen LogP contribution is -2.67. The van der Waals surface area contributed by atoms with Crippen molar-refractivity contribution in [3.05, 3.63) is 0 Å². The molecule has 2 aliphatic rings. The molecule has 2 aliphatic heterocycles. The topological polar surface area (TPSA) is 24.5 Å². The second-order valence-electron chi connectivity index (χ2n) is 7.91. The third-order valence-corrected chi connectivity index (χ3v) is 5.49. The van der Waals surface area contributed by atoms with Gasteiger partial charge in [-0.2, -0.15) is 0 Å². The minimum atomic E-state index is 0.321. The van der Waals surface area contributed by atoms with Crippen LogP contribution >= 0.6 is 0 Å². The predicted molar refractivity (Wildman–Crippen MR) is 85.1 cm³/mol. The van der Waals surface area contributed by atoms with Gasteiger partial charge in [0.15, 0.2) is 0 Å². The molecule has 3 nitrogen and oxygen atoms in total. The average Bonchev–Trinajstić information content (AvgIpc) is 2.90. The first-order valence-electron chi connectivity index (χ1n) is 8.47. The summed E-state index contributed by atoms with van der Waals surface area (Å²) in [5, 5.41) is 3.87. The highest BCUT2D eigenvalue weighted by molar-refractivity contribution is 5.00. The fraction of sp³-hybridized carbons (Fsp3) is 1.00. The average molecular weight is 282 g/mol. The number of nitrogens with zero attached hydrogens (tertiary/aromatic N) is 1. The highest BCUT2D eigenvalue weighted by atomic mass is 16.5. The Morgan fingerprint density at radius 1 is 1.25 bits per heavy atom. The number of rotatable bonds is 4. The Balaban J connectivity index is 2.09. The monoisotopic (exact) mass is 282 g/mol. The van der Waals surface area contributed by atoms with Crippen molar-refractivity contribution in [2.24, 2.45) is 11.3 Å². The van der Waals surface area contributed by atoms with Crippen LogP contribution < -0.4 is 5.32 Å². The summed E-state index contributed by atoms with van der Waals surface area (Å²) in [7, 11) is 0. The lowest BCUT2D eigenvalue weighted by molar-refractivity contribution is 0.00753. The molecule has 0 aromatic rings. The van der Waals surface area contributed by atoms with E-state index in [9.17, 15) is 0 Å². The summed E-state index contributed by atoms with van der Waals surface area (Å²) in [5.74, 6) is 0.740. The van der Waals surface area contributed by atoms with E-state index in [1.54, 1.807) is 0 Å². The van der Waals surface area contributed by atoms with Gasteiger partial charge >= 0.3 is 0 Å². The molecule has 2 fully saturated rings. The van der Waals surface area contributed by atoms with E-state index in [0.717, 1.165) is 25.7 Å². The van der Waals surface area contributed by atoms with Crippen molar-refractivity contribution in [3.8, 4) is 0 Å². The normalized spacial score (nSPS) is 31.6. The van der Waals surface area contributed by atoms with E-state index in [2.05, 4.69) is 44.8 Å².